The Morgan fingerprint density at radius 1 is 1.32 bits per heavy atom. The summed E-state index contributed by atoms with van der Waals surface area (Å²) in [5.41, 5.74) is 0.707. The second kappa shape index (κ2) is 6.87. The highest BCUT2D eigenvalue weighted by atomic mass is 35.5. The Bertz CT molecular complexity index is 759. The van der Waals surface area contributed by atoms with E-state index >= 15 is 0 Å². The van der Waals surface area contributed by atoms with E-state index in [1.807, 2.05) is 6.08 Å². The highest BCUT2D eigenvalue weighted by Gasteiger charge is 2.68. The van der Waals surface area contributed by atoms with Crippen LogP contribution in [0.1, 0.15) is 59.3 Å². The van der Waals surface area contributed by atoms with Crippen molar-refractivity contribution in [3.63, 3.8) is 0 Å². The molecular weight excluding hydrogens is 395 g/mol. The average molecular weight is 425 g/mol. The second-order valence-electron chi connectivity index (χ2n) is 9.71. The van der Waals surface area contributed by atoms with E-state index < -0.39 is 10.3 Å². The first-order valence-electron chi connectivity index (χ1n) is 10.6. The molecule has 7 atom stereocenters. The Morgan fingerprint density at radius 3 is 2.79 bits per heavy atom. The molecule has 3 fully saturated rings. The number of fused-ring (bicyclic) bond motifs is 5. The zero-order chi connectivity index (χ0) is 20.3. The molecule has 0 aromatic carbocycles. The highest BCUT2D eigenvalue weighted by molar-refractivity contribution is 6.34. The van der Waals surface area contributed by atoms with Crippen LogP contribution in [-0.4, -0.2) is 28.6 Å². The van der Waals surface area contributed by atoms with Gasteiger partial charge in [0, 0.05) is 17.8 Å². The molecule has 0 aromatic rings. The van der Waals surface area contributed by atoms with Crippen LogP contribution >= 0.6 is 23.2 Å². The van der Waals surface area contributed by atoms with E-state index in [0.29, 0.717) is 18.9 Å². The van der Waals surface area contributed by atoms with Gasteiger partial charge >= 0.3 is 5.97 Å². The maximum atomic E-state index is 12.2. The molecule has 0 radical (unpaired) electrons. The van der Waals surface area contributed by atoms with Crippen molar-refractivity contribution in [2.75, 3.05) is 6.61 Å². The van der Waals surface area contributed by atoms with Crippen molar-refractivity contribution < 1.29 is 14.3 Å². The van der Waals surface area contributed by atoms with E-state index in [-0.39, 0.29) is 34.4 Å². The third kappa shape index (κ3) is 2.75. The predicted molar refractivity (Wildman–Crippen MR) is 111 cm³/mol. The van der Waals surface area contributed by atoms with Gasteiger partial charge in [-0.3, -0.25) is 9.59 Å². The van der Waals surface area contributed by atoms with Crippen LogP contribution in [0.5, 0.6) is 0 Å². The number of rotatable bonds is 3. The number of ketones is 1. The lowest BCUT2D eigenvalue weighted by Crippen LogP contribution is -2.65. The van der Waals surface area contributed by atoms with Crippen LogP contribution in [0.2, 0.25) is 0 Å². The highest BCUT2D eigenvalue weighted by Crippen LogP contribution is 2.70. The van der Waals surface area contributed by atoms with Gasteiger partial charge in [0.05, 0.1) is 16.9 Å². The fourth-order valence-corrected chi connectivity index (χ4v) is 8.03. The Kier molecular flexibility index (Phi) is 5.03. The maximum Gasteiger partial charge on any atom is 0.305 e. The van der Waals surface area contributed by atoms with Crippen molar-refractivity contribution in [1.29, 1.82) is 0 Å². The summed E-state index contributed by atoms with van der Waals surface area (Å²) in [6.45, 7) is 6.61. The van der Waals surface area contributed by atoms with Gasteiger partial charge in [-0.2, -0.15) is 0 Å². The third-order valence-corrected chi connectivity index (χ3v) is 9.82. The number of ether oxygens (including phenoxy) is 1. The molecule has 4 aliphatic rings. The zero-order valence-corrected chi connectivity index (χ0v) is 18.5. The number of allylic oxidation sites excluding steroid dienone is 3. The van der Waals surface area contributed by atoms with Crippen molar-refractivity contribution in [2.45, 2.75) is 69.5 Å². The van der Waals surface area contributed by atoms with Crippen LogP contribution in [0.4, 0.5) is 0 Å². The number of carbonyl (C=O) groups excluding carboxylic acids is 2. The summed E-state index contributed by atoms with van der Waals surface area (Å²) < 4.78 is 5.54. The number of hydrogen-bond donors (Lipinski definition) is 0. The standard InChI is InChI=1S/C23H30Cl2O3/c1-4-20(27)28-13-14-10-18-16-6-5-8-21(16,2)12-19(24)23(18,25)22(3)9-7-15(26)11-17(14)22/h7,9,11,14,16,18-19H,4-6,8,10,12-13H2,1-3H3/t14-,16+,18+,19+,21+,22+,23+/m1/s1. The molecular formula is C23H30Cl2O3. The van der Waals surface area contributed by atoms with Gasteiger partial charge in [0.15, 0.2) is 5.78 Å². The van der Waals surface area contributed by atoms with Crippen molar-refractivity contribution >= 4 is 35.0 Å². The molecule has 3 nitrogen and oxygen atoms in total. The molecule has 0 amide bonds. The van der Waals surface area contributed by atoms with Gasteiger partial charge in [0.1, 0.15) is 0 Å². The summed E-state index contributed by atoms with van der Waals surface area (Å²) in [7, 11) is 0. The average Bonchev–Trinajstić information content (AvgIpc) is 3.03. The lowest BCUT2D eigenvalue weighted by Gasteiger charge is -2.64. The minimum atomic E-state index is -0.628. The number of alkyl halides is 2. The van der Waals surface area contributed by atoms with E-state index in [1.165, 1.54) is 19.3 Å². The van der Waals surface area contributed by atoms with Crippen LogP contribution in [0.3, 0.4) is 0 Å². The molecule has 28 heavy (non-hydrogen) atoms. The van der Waals surface area contributed by atoms with E-state index in [0.717, 1.165) is 18.4 Å². The molecule has 0 aliphatic heterocycles. The first-order chi connectivity index (χ1) is 13.2. The van der Waals surface area contributed by atoms with Crippen LogP contribution in [-0.2, 0) is 14.3 Å². The van der Waals surface area contributed by atoms with E-state index in [9.17, 15) is 9.59 Å². The van der Waals surface area contributed by atoms with E-state index in [1.54, 1.807) is 19.1 Å². The minimum Gasteiger partial charge on any atom is -0.465 e. The molecule has 154 valence electrons. The Hall–Kier alpha value is -0.800. The Labute approximate surface area is 177 Å². The SMILES string of the molecule is CCC(=O)OC[C@H]1C[C@H]2[C@@H]3CCC[C@@]3(C)C[C@H](Cl)[C@]2(Cl)[C@@]2(C)C=CC(=O)C=C12. The summed E-state index contributed by atoms with van der Waals surface area (Å²) in [5.74, 6) is 0.549. The van der Waals surface area contributed by atoms with Crippen molar-refractivity contribution in [3.8, 4) is 0 Å². The fourth-order valence-electron chi connectivity index (χ4n) is 6.80. The van der Waals surface area contributed by atoms with Crippen LogP contribution in [0, 0.1) is 28.6 Å². The van der Waals surface area contributed by atoms with Crippen LogP contribution < -0.4 is 0 Å². The Morgan fingerprint density at radius 2 is 2.07 bits per heavy atom. The van der Waals surface area contributed by atoms with E-state index in [4.69, 9.17) is 27.9 Å². The summed E-state index contributed by atoms with van der Waals surface area (Å²) in [4.78, 5) is 23.4. The lowest BCUT2D eigenvalue weighted by molar-refractivity contribution is -0.145. The smallest absolute Gasteiger partial charge is 0.305 e. The summed E-state index contributed by atoms with van der Waals surface area (Å²) in [5, 5.41) is -0.163. The van der Waals surface area contributed by atoms with Crippen LogP contribution in [0.25, 0.3) is 0 Å². The quantitative estimate of drug-likeness (QED) is 0.447. The van der Waals surface area contributed by atoms with Gasteiger partial charge in [-0.1, -0.05) is 33.3 Å². The molecule has 3 saturated carbocycles. The lowest BCUT2D eigenvalue weighted by atomic mass is 9.46. The summed E-state index contributed by atoms with van der Waals surface area (Å²) >= 11 is 14.6. The molecule has 0 aromatic heterocycles. The van der Waals surface area contributed by atoms with Crippen molar-refractivity contribution in [3.05, 3.63) is 23.8 Å². The van der Waals surface area contributed by atoms with Gasteiger partial charge < -0.3 is 4.74 Å². The van der Waals surface area contributed by atoms with Crippen LogP contribution in [0.15, 0.2) is 23.8 Å². The number of hydrogen-bond acceptors (Lipinski definition) is 3. The largest absolute Gasteiger partial charge is 0.465 e. The number of esters is 1. The number of carbonyl (C=O) groups is 2. The topological polar surface area (TPSA) is 43.4 Å². The van der Waals surface area contributed by atoms with Gasteiger partial charge in [0.2, 0.25) is 0 Å². The molecule has 0 saturated heterocycles. The molecule has 0 spiro atoms. The normalized spacial score (nSPS) is 47.0. The fraction of sp³-hybridized carbons (Fsp3) is 0.739. The Balaban J connectivity index is 1.77. The van der Waals surface area contributed by atoms with Crippen molar-refractivity contribution in [2.24, 2.45) is 28.6 Å². The molecule has 4 aliphatic carbocycles. The van der Waals surface area contributed by atoms with Gasteiger partial charge in [-0.25, -0.2) is 0 Å². The number of halogens is 2. The molecule has 0 bridgehead atoms. The minimum absolute atomic E-state index is 0.0121. The third-order valence-electron chi connectivity index (χ3n) is 8.27. The summed E-state index contributed by atoms with van der Waals surface area (Å²) in [6.07, 6.45) is 11.0. The molecule has 4 rings (SSSR count). The first kappa shape index (κ1) is 20.5. The monoisotopic (exact) mass is 424 g/mol. The van der Waals surface area contributed by atoms with Crippen molar-refractivity contribution in [1.82, 2.24) is 0 Å². The molecule has 0 N–H and O–H groups in total. The predicted octanol–water partition coefficient (Wildman–Crippen LogP) is 5.44. The maximum absolute atomic E-state index is 12.2. The van der Waals surface area contributed by atoms with Gasteiger partial charge in [-0.05, 0) is 60.7 Å². The summed E-state index contributed by atoms with van der Waals surface area (Å²) in [6, 6.07) is 0. The van der Waals surface area contributed by atoms with Gasteiger partial charge in [0.25, 0.3) is 0 Å². The molecule has 0 unspecified atom stereocenters. The first-order valence-corrected chi connectivity index (χ1v) is 11.4. The zero-order valence-electron chi connectivity index (χ0n) is 17.0. The van der Waals surface area contributed by atoms with E-state index in [2.05, 4.69) is 13.8 Å². The van der Waals surface area contributed by atoms with Gasteiger partial charge in [-0.15, -0.1) is 23.2 Å². The molecule has 5 heteroatoms. The second-order valence-corrected chi connectivity index (χ2v) is 10.9. The molecule has 0 heterocycles.